The molecule has 0 aromatic heterocycles. The summed E-state index contributed by atoms with van der Waals surface area (Å²) in [6, 6.07) is 12.3. The second kappa shape index (κ2) is 11.3. The normalized spacial score (nSPS) is 11.2. The van der Waals surface area contributed by atoms with Crippen LogP contribution >= 0.6 is 11.8 Å². The van der Waals surface area contributed by atoms with E-state index in [1.54, 1.807) is 23.9 Å². The van der Waals surface area contributed by atoms with Crippen molar-refractivity contribution in [2.24, 2.45) is 4.99 Å². The number of nitrogens with one attached hydrogen (secondary N) is 3. The second-order valence-corrected chi connectivity index (χ2v) is 7.02. The number of hydrogen-bond acceptors (Lipinski definition) is 3. The van der Waals surface area contributed by atoms with Crippen LogP contribution in [0, 0.1) is 12.7 Å². The Balaban J connectivity index is 1.88. The van der Waals surface area contributed by atoms with Gasteiger partial charge in [-0.25, -0.2) is 9.38 Å². The smallest absolute Gasteiger partial charge is 0.254 e. The van der Waals surface area contributed by atoms with Crippen LogP contribution in [0.2, 0.25) is 0 Å². The molecule has 7 heteroatoms. The van der Waals surface area contributed by atoms with E-state index < -0.39 is 11.7 Å². The molecule has 0 aliphatic carbocycles. The first-order chi connectivity index (χ1) is 13.5. The van der Waals surface area contributed by atoms with E-state index in [0.717, 1.165) is 6.54 Å². The van der Waals surface area contributed by atoms with Crippen molar-refractivity contribution < 1.29 is 9.18 Å². The number of carbonyl (C=O) groups is 1. The molecule has 0 saturated heterocycles. The lowest BCUT2D eigenvalue weighted by atomic mass is 10.1. The molecule has 0 unspecified atom stereocenters. The van der Waals surface area contributed by atoms with E-state index in [1.807, 2.05) is 6.92 Å². The highest BCUT2D eigenvalue weighted by atomic mass is 32.2. The van der Waals surface area contributed by atoms with Crippen molar-refractivity contribution in [3.8, 4) is 0 Å². The number of aliphatic imine (C=N–C) groups is 1. The Morgan fingerprint density at radius 1 is 1.11 bits per heavy atom. The molecule has 2 aromatic rings. The zero-order valence-electron chi connectivity index (χ0n) is 16.5. The SMILES string of the molecule is CCNC(=NCc1ccc(C)cc1SC)NCCNC(=O)c1ccccc1F. The Morgan fingerprint density at radius 3 is 2.57 bits per heavy atom. The van der Waals surface area contributed by atoms with Crippen LogP contribution < -0.4 is 16.0 Å². The Bertz CT molecular complexity index is 826. The Hall–Kier alpha value is -2.54. The molecule has 2 rings (SSSR count). The first kappa shape index (κ1) is 21.8. The number of benzene rings is 2. The van der Waals surface area contributed by atoms with Gasteiger partial charge in [0, 0.05) is 24.5 Å². The third-order valence-corrected chi connectivity index (χ3v) is 4.84. The fourth-order valence-electron chi connectivity index (χ4n) is 2.59. The average Bonchev–Trinajstić information content (AvgIpc) is 2.70. The van der Waals surface area contributed by atoms with Gasteiger partial charge in [0.1, 0.15) is 5.82 Å². The fourth-order valence-corrected chi connectivity index (χ4v) is 3.28. The topological polar surface area (TPSA) is 65.5 Å². The predicted molar refractivity (Wildman–Crippen MR) is 115 cm³/mol. The highest BCUT2D eigenvalue weighted by molar-refractivity contribution is 7.98. The maximum absolute atomic E-state index is 13.6. The monoisotopic (exact) mass is 402 g/mol. The van der Waals surface area contributed by atoms with Crippen molar-refractivity contribution in [2.45, 2.75) is 25.3 Å². The molecule has 2 aromatic carbocycles. The summed E-state index contributed by atoms with van der Waals surface area (Å²) >= 11 is 1.71. The van der Waals surface area contributed by atoms with Crippen LogP contribution in [-0.4, -0.2) is 37.8 Å². The van der Waals surface area contributed by atoms with Gasteiger partial charge in [0.25, 0.3) is 5.91 Å². The number of nitrogens with zero attached hydrogens (tertiary/aromatic N) is 1. The zero-order chi connectivity index (χ0) is 20.4. The maximum atomic E-state index is 13.6. The van der Waals surface area contributed by atoms with E-state index in [2.05, 4.69) is 52.3 Å². The van der Waals surface area contributed by atoms with Gasteiger partial charge in [-0.05, 0) is 49.4 Å². The third kappa shape index (κ3) is 6.56. The van der Waals surface area contributed by atoms with E-state index >= 15 is 0 Å². The van der Waals surface area contributed by atoms with Crippen LogP contribution in [0.25, 0.3) is 0 Å². The van der Waals surface area contributed by atoms with E-state index in [-0.39, 0.29) is 5.56 Å². The molecule has 0 saturated carbocycles. The average molecular weight is 403 g/mol. The molecule has 1 amide bonds. The zero-order valence-corrected chi connectivity index (χ0v) is 17.3. The van der Waals surface area contributed by atoms with Crippen molar-refractivity contribution in [2.75, 3.05) is 25.9 Å². The van der Waals surface area contributed by atoms with Crippen LogP contribution in [-0.2, 0) is 6.54 Å². The minimum atomic E-state index is -0.523. The molecule has 0 fully saturated rings. The first-order valence-electron chi connectivity index (χ1n) is 9.23. The van der Waals surface area contributed by atoms with Gasteiger partial charge in [-0.15, -0.1) is 11.8 Å². The Morgan fingerprint density at radius 2 is 1.86 bits per heavy atom. The van der Waals surface area contributed by atoms with Gasteiger partial charge >= 0.3 is 0 Å². The molecule has 0 atom stereocenters. The predicted octanol–water partition coefficient (Wildman–Crippen LogP) is 3.34. The summed E-state index contributed by atoms with van der Waals surface area (Å²) in [7, 11) is 0. The largest absolute Gasteiger partial charge is 0.357 e. The number of hydrogen-bond donors (Lipinski definition) is 3. The standard InChI is InChI=1S/C21H27FN4OS/c1-4-23-21(26-14-16-10-9-15(2)13-19(16)28-3)25-12-11-24-20(27)17-7-5-6-8-18(17)22/h5-10,13H,4,11-12,14H2,1-3H3,(H,24,27)(H2,23,25,26). The van der Waals surface area contributed by atoms with Gasteiger partial charge in [0.05, 0.1) is 12.1 Å². The van der Waals surface area contributed by atoms with Crippen molar-refractivity contribution in [1.82, 2.24) is 16.0 Å². The molecule has 0 heterocycles. The summed E-state index contributed by atoms with van der Waals surface area (Å²) < 4.78 is 13.6. The summed E-state index contributed by atoms with van der Waals surface area (Å²) in [6.45, 7) is 6.21. The summed E-state index contributed by atoms with van der Waals surface area (Å²) in [5.74, 6) is -0.271. The highest BCUT2D eigenvalue weighted by Crippen LogP contribution is 2.22. The van der Waals surface area contributed by atoms with Crippen LogP contribution in [0.1, 0.15) is 28.4 Å². The lowest BCUT2D eigenvalue weighted by molar-refractivity contribution is 0.0950. The summed E-state index contributed by atoms with van der Waals surface area (Å²) in [5, 5.41) is 9.08. The molecule has 28 heavy (non-hydrogen) atoms. The number of rotatable bonds is 8. The van der Waals surface area contributed by atoms with Gasteiger partial charge in [-0.3, -0.25) is 4.79 Å². The number of guanidine groups is 1. The number of halogens is 1. The lowest BCUT2D eigenvalue weighted by Gasteiger charge is -2.13. The Labute approximate surface area is 170 Å². The number of thioether (sulfide) groups is 1. The molecule has 0 aliphatic rings. The molecule has 150 valence electrons. The summed E-state index contributed by atoms with van der Waals surface area (Å²) in [4.78, 5) is 17.9. The fraction of sp³-hybridized carbons (Fsp3) is 0.333. The minimum Gasteiger partial charge on any atom is -0.357 e. The summed E-state index contributed by atoms with van der Waals surface area (Å²) in [5.41, 5.74) is 2.45. The molecule has 3 N–H and O–H groups in total. The van der Waals surface area contributed by atoms with Gasteiger partial charge in [-0.1, -0.05) is 24.3 Å². The lowest BCUT2D eigenvalue weighted by Crippen LogP contribution is -2.41. The van der Waals surface area contributed by atoms with Crippen LogP contribution in [0.4, 0.5) is 4.39 Å². The molecular formula is C21H27FN4OS. The molecule has 0 radical (unpaired) electrons. The van der Waals surface area contributed by atoms with E-state index in [4.69, 9.17) is 0 Å². The molecule has 0 aliphatic heterocycles. The van der Waals surface area contributed by atoms with E-state index in [1.165, 1.54) is 28.2 Å². The third-order valence-electron chi connectivity index (χ3n) is 4.02. The van der Waals surface area contributed by atoms with E-state index in [0.29, 0.717) is 25.6 Å². The van der Waals surface area contributed by atoms with Crippen molar-refractivity contribution in [3.63, 3.8) is 0 Å². The molecule has 5 nitrogen and oxygen atoms in total. The van der Waals surface area contributed by atoms with Crippen molar-refractivity contribution >= 4 is 23.6 Å². The number of amides is 1. The number of carbonyl (C=O) groups excluding carboxylic acids is 1. The van der Waals surface area contributed by atoms with Gasteiger partial charge in [0.2, 0.25) is 0 Å². The van der Waals surface area contributed by atoms with E-state index in [9.17, 15) is 9.18 Å². The van der Waals surface area contributed by atoms with Gasteiger partial charge < -0.3 is 16.0 Å². The second-order valence-electron chi connectivity index (χ2n) is 6.17. The first-order valence-corrected chi connectivity index (χ1v) is 10.5. The van der Waals surface area contributed by atoms with Crippen LogP contribution in [0.3, 0.4) is 0 Å². The molecule has 0 bridgehead atoms. The van der Waals surface area contributed by atoms with Crippen molar-refractivity contribution in [3.05, 3.63) is 65.0 Å². The van der Waals surface area contributed by atoms with Crippen LogP contribution in [0.5, 0.6) is 0 Å². The minimum absolute atomic E-state index is 0.0482. The maximum Gasteiger partial charge on any atom is 0.254 e. The highest BCUT2D eigenvalue weighted by Gasteiger charge is 2.09. The number of aryl methyl sites for hydroxylation is 1. The quantitative estimate of drug-likeness (QED) is 0.274. The van der Waals surface area contributed by atoms with Crippen molar-refractivity contribution in [1.29, 1.82) is 0 Å². The molecular weight excluding hydrogens is 375 g/mol. The Kier molecular flexibility index (Phi) is 8.81. The van der Waals surface area contributed by atoms with Gasteiger partial charge in [-0.2, -0.15) is 0 Å². The molecule has 0 spiro atoms. The van der Waals surface area contributed by atoms with Crippen LogP contribution in [0.15, 0.2) is 52.4 Å². The van der Waals surface area contributed by atoms with Gasteiger partial charge in [0.15, 0.2) is 5.96 Å². The summed E-state index contributed by atoms with van der Waals surface area (Å²) in [6.07, 6.45) is 2.06.